The molecule has 22 heavy (non-hydrogen) atoms. The molecule has 0 bridgehead atoms. The summed E-state index contributed by atoms with van der Waals surface area (Å²) in [5.74, 6) is -0.147. The molecule has 0 radical (unpaired) electrons. The summed E-state index contributed by atoms with van der Waals surface area (Å²) in [5, 5.41) is 2.85. The number of amides is 1. The number of nitrogens with one attached hydrogen (secondary N) is 2. The number of Topliss-reactive ketones (excluding diaryl/α,β-unsaturated/α-hetero) is 1. The van der Waals surface area contributed by atoms with Gasteiger partial charge in [0.2, 0.25) is 15.9 Å². The van der Waals surface area contributed by atoms with E-state index in [-0.39, 0.29) is 23.1 Å². The van der Waals surface area contributed by atoms with Crippen molar-refractivity contribution in [3.63, 3.8) is 0 Å². The van der Waals surface area contributed by atoms with Crippen molar-refractivity contribution in [2.45, 2.75) is 43.5 Å². The smallest absolute Gasteiger partial charge is 0.240 e. The van der Waals surface area contributed by atoms with E-state index in [1.807, 2.05) is 0 Å². The van der Waals surface area contributed by atoms with Gasteiger partial charge < -0.3 is 5.32 Å². The quantitative estimate of drug-likeness (QED) is 0.555. The van der Waals surface area contributed by atoms with E-state index in [0.717, 1.165) is 12.8 Å². The third kappa shape index (κ3) is 4.92. The summed E-state index contributed by atoms with van der Waals surface area (Å²) in [6.45, 7) is 1.63. The maximum absolute atomic E-state index is 12.0. The van der Waals surface area contributed by atoms with Gasteiger partial charge in [0.1, 0.15) is 0 Å². The van der Waals surface area contributed by atoms with Gasteiger partial charge in [-0.25, -0.2) is 13.1 Å². The fourth-order valence-corrected chi connectivity index (χ4v) is 3.01. The second-order valence-electron chi connectivity index (χ2n) is 5.42. The SMILES string of the molecule is CC(=O)c1ccc(S(=O)(=O)NCCCC(=O)NC2CC2)cc1. The van der Waals surface area contributed by atoms with Gasteiger partial charge in [-0.05, 0) is 38.3 Å². The van der Waals surface area contributed by atoms with Gasteiger partial charge in [-0.1, -0.05) is 12.1 Å². The minimum atomic E-state index is -3.60. The number of hydrogen-bond donors (Lipinski definition) is 2. The summed E-state index contributed by atoms with van der Waals surface area (Å²) in [5.41, 5.74) is 0.468. The highest BCUT2D eigenvalue weighted by Gasteiger charge is 2.22. The zero-order chi connectivity index (χ0) is 16.2. The van der Waals surface area contributed by atoms with Crippen LogP contribution in [0.15, 0.2) is 29.2 Å². The fraction of sp³-hybridized carbons (Fsp3) is 0.467. The van der Waals surface area contributed by atoms with Gasteiger partial charge in [0, 0.05) is 24.6 Å². The Bertz CT molecular complexity index is 649. The molecule has 0 saturated heterocycles. The van der Waals surface area contributed by atoms with Crippen LogP contribution in [-0.4, -0.2) is 32.7 Å². The second-order valence-corrected chi connectivity index (χ2v) is 7.19. The van der Waals surface area contributed by atoms with Crippen molar-refractivity contribution in [1.29, 1.82) is 0 Å². The third-order valence-electron chi connectivity index (χ3n) is 3.39. The Labute approximate surface area is 130 Å². The Balaban J connectivity index is 1.79. The number of carbonyl (C=O) groups is 2. The van der Waals surface area contributed by atoms with Crippen LogP contribution in [0.3, 0.4) is 0 Å². The summed E-state index contributed by atoms with van der Waals surface area (Å²) in [6, 6.07) is 6.10. The monoisotopic (exact) mass is 324 g/mol. The zero-order valence-electron chi connectivity index (χ0n) is 12.5. The van der Waals surface area contributed by atoms with Crippen LogP contribution in [0.5, 0.6) is 0 Å². The highest BCUT2D eigenvalue weighted by Crippen LogP contribution is 2.18. The Morgan fingerprint density at radius 3 is 2.36 bits per heavy atom. The molecule has 0 aliphatic heterocycles. The van der Waals surface area contributed by atoms with Crippen LogP contribution in [-0.2, 0) is 14.8 Å². The molecule has 0 atom stereocenters. The molecule has 6 nitrogen and oxygen atoms in total. The van der Waals surface area contributed by atoms with Crippen LogP contribution >= 0.6 is 0 Å². The maximum Gasteiger partial charge on any atom is 0.240 e. The van der Waals surface area contributed by atoms with Crippen molar-refractivity contribution in [1.82, 2.24) is 10.0 Å². The minimum Gasteiger partial charge on any atom is -0.353 e. The minimum absolute atomic E-state index is 0.0347. The fourth-order valence-electron chi connectivity index (χ4n) is 1.94. The third-order valence-corrected chi connectivity index (χ3v) is 4.86. The molecule has 120 valence electrons. The number of carbonyl (C=O) groups excluding carboxylic acids is 2. The molecule has 0 unspecified atom stereocenters. The van der Waals surface area contributed by atoms with Gasteiger partial charge in [0.25, 0.3) is 0 Å². The molecule has 7 heteroatoms. The predicted molar refractivity (Wildman–Crippen MR) is 82.0 cm³/mol. The normalized spacial score (nSPS) is 14.6. The van der Waals surface area contributed by atoms with E-state index >= 15 is 0 Å². The molecular formula is C15H20N2O4S. The van der Waals surface area contributed by atoms with Gasteiger partial charge in [0.15, 0.2) is 5.78 Å². The maximum atomic E-state index is 12.0. The van der Waals surface area contributed by atoms with Gasteiger partial charge in [-0.3, -0.25) is 9.59 Å². The van der Waals surface area contributed by atoms with Crippen LogP contribution < -0.4 is 10.0 Å². The number of ketones is 1. The Morgan fingerprint density at radius 1 is 1.18 bits per heavy atom. The van der Waals surface area contributed by atoms with Crippen molar-refractivity contribution in [2.24, 2.45) is 0 Å². The molecule has 0 aromatic heterocycles. The van der Waals surface area contributed by atoms with Crippen LogP contribution in [0, 0.1) is 0 Å². The molecule has 1 aromatic carbocycles. The molecule has 2 N–H and O–H groups in total. The van der Waals surface area contributed by atoms with Crippen molar-refractivity contribution in [3.05, 3.63) is 29.8 Å². The standard InChI is InChI=1S/C15H20N2O4S/c1-11(18)12-4-8-14(9-5-12)22(20,21)16-10-2-3-15(19)17-13-6-7-13/h4-5,8-9,13,16H,2-3,6-7,10H2,1H3,(H,17,19). The van der Waals surface area contributed by atoms with Crippen LogP contribution in [0.4, 0.5) is 0 Å². The van der Waals surface area contributed by atoms with Crippen molar-refractivity contribution >= 4 is 21.7 Å². The largest absolute Gasteiger partial charge is 0.353 e. The molecule has 1 aliphatic rings. The summed E-state index contributed by atoms with van der Waals surface area (Å²) in [6.07, 6.45) is 2.83. The molecule has 2 rings (SSSR count). The number of sulfonamides is 1. The van der Waals surface area contributed by atoms with Crippen LogP contribution in [0.2, 0.25) is 0 Å². The van der Waals surface area contributed by atoms with Gasteiger partial charge >= 0.3 is 0 Å². The summed E-state index contributed by atoms with van der Waals surface area (Å²) in [7, 11) is -3.60. The summed E-state index contributed by atoms with van der Waals surface area (Å²) < 4.78 is 26.6. The molecule has 1 amide bonds. The zero-order valence-corrected chi connectivity index (χ0v) is 13.3. The first kappa shape index (κ1) is 16.6. The van der Waals surface area contributed by atoms with E-state index < -0.39 is 10.0 Å². The molecular weight excluding hydrogens is 304 g/mol. The molecule has 0 heterocycles. The average molecular weight is 324 g/mol. The van der Waals surface area contributed by atoms with Crippen LogP contribution in [0.1, 0.15) is 43.0 Å². The van der Waals surface area contributed by atoms with Gasteiger partial charge in [-0.15, -0.1) is 0 Å². The van der Waals surface area contributed by atoms with Gasteiger partial charge in [0.05, 0.1) is 4.90 Å². The molecule has 1 aliphatic carbocycles. The average Bonchev–Trinajstić information content (AvgIpc) is 3.27. The van der Waals surface area contributed by atoms with E-state index in [4.69, 9.17) is 0 Å². The molecule has 1 aromatic rings. The Hall–Kier alpha value is -1.73. The van der Waals surface area contributed by atoms with E-state index in [1.165, 1.54) is 31.2 Å². The first-order valence-corrected chi connectivity index (χ1v) is 8.77. The highest BCUT2D eigenvalue weighted by molar-refractivity contribution is 7.89. The predicted octanol–water partition coefficient (Wildman–Crippen LogP) is 1.23. The van der Waals surface area contributed by atoms with Crippen molar-refractivity contribution in [3.8, 4) is 0 Å². The Morgan fingerprint density at radius 2 is 1.82 bits per heavy atom. The molecule has 1 fully saturated rings. The number of hydrogen-bond acceptors (Lipinski definition) is 4. The van der Waals surface area contributed by atoms with E-state index in [2.05, 4.69) is 10.0 Å². The lowest BCUT2D eigenvalue weighted by atomic mass is 10.2. The number of benzene rings is 1. The lowest BCUT2D eigenvalue weighted by Crippen LogP contribution is -2.28. The summed E-state index contributed by atoms with van der Waals surface area (Å²) >= 11 is 0. The number of rotatable bonds is 8. The lowest BCUT2D eigenvalue weighted by Gasteiger charge is -2.07. The first-order chi connectivity index (χ1) is 10.4. The molecule has 1 saturated carbocycles. The van der Waals surface area contributed by atoms with Crippen molar-refractivity contribution in [2.75, 3.05) is 6.54 Å². The van der Waals surface area contributed by atoms with Crippen LogP contribution in [0.25, 0.3) is 0 Å². The van der Waals surface area contributed by atoms with E-state index in [0.29, 0.717) is 24.4 Å². The van der Waals surface area contributed by atoms with E-state index in [9.17, 15) is 18.0 Å². The van der Waals surface area contributed by atoms with E-state index in [1.54, 1.807) is 0 Å². The van der Waals surface area contributed by atoms with Crippen molar-refractivity contribution < 1.29 is 18.0 Å². The van der Waals surface area contributed by atoms with Gasteiger partial charge in [-0.2, -0.15) is 0 Å². The molecule has 0 spiro atoms. The first-order valence-electron chi connectivity index (χ1n) is 7.28. The second kappa shape index (κ2) is 7.02. The lowest BCUT2D eigenvalue weighted by molar-refractivity contribution is -0.121. The Kier molecular flexibility index (Phi) is 5.31. The topological polar surface area (TPSA) is 92.3 Å². The highest BCUT2D eigenvalue weighted by atomic mass is 32.2. The summed E-state index contributed by atoms with van der Waals surface area (Å²) in [4.78, 5) is 22.7.